The van der Waals surface area contributed by atoms with E-state index in [4.69, 9.17) is 5.84 Å². The van der Waals surface area contributed by atoms with Crippen molar-refractivity contribution in [1.82, 2.24) is 19.9 Å². The van der Waals surface area contributed by atoms with Crippen LogP contribution in [-0.2, 0) is 4.79 Å². The maximum atomic E-state index is 12.1. The van der Waals surface area contributed by atoms with Crippen molar-refractivity contribution in [3.63, 3.8) is 0 Å². The molecule has 0 bridgehead atoms. The molecule has 3 N–H and O–H groups in total. The number of nitrogen functional groups attached to an aromatic ring is 1. The van der Waals surface area contributed by atoms with E-state index in [1.54, 1.807) is 18.5 Å². The molecule has 9 heteroatoms. The van der Waals surface area contributed by atoms with Gasteiger partial charge in [0.1, 0.15) is 0 Å². The number of nitrogens with zero attached hydrogens (tertiary/aromatic N) is 4. The average Bonchev–Trinajstić information content (AvgIpc) is 2.97. The fourth-order valence-electron chi connectivity index (χ4n) is 1.95. The predicted molar refractivity (Wildman–Crippen MR) is 96.9 cm³/mol. The van der Waals surface area contributed by atoms with Gasteiger partial charge in [0.05, 0.1) is 11.4 Å². The molecule has 3 aromatic rings. The van der Waals surface area contributed by atoms with Gasteiger partial charge in [-0.25, -0.2) is 4.68 Å². The van der Waals surface area contributed by atoms with E-state index in [0.717, 1.165) is 10.0 Å². The van der Waals surface area contributed by atoms with Crippen molar-refractivity contribution in [2.45, 2.75) is 5.16 Å². The highest BCUT2D eigenvalue weighted by molar-refractivity contribution is 9.10. The van der Waals surface area contributed by atoms with Crippen LogP contribution in [0.2, 0.25) is 0 Å². The molecule has 0 fully saturated rings. The number of rotatable bonds is 5. The summed E-state index contributed by atoms with van der Waals surface area (Å²) in [6, 6.07) is 11.0. The minimum absolute atomic E-state index is 0.155. The molecule has 0 saturated heterocycles. The number of nitrogens with two attached hydrogens (primary N) is 1. The van der Waals surface area contributed by atoms with Crippen LogP contribution >= 0.6 is 27.7 Å². The van der Waals surface area contributed by atoms with Crippen molar-refractivity contribution >= 4 is 39.3 Å². The lowest BCUT2D eigenvalue weighted by atomic mass is 10.3. The second kappa shape index (κ2) is 7.45. The highest BCUT2D eigenvalue weighted by Gasteiger charge is 2.14. The van der Waals surface area contributed by atoms with Gasteiger partial charge < -0.3 is 11.2 Å². The molecule has 0 radical (unpaired) electrons. The van der Waals surface area contributed by atoms with Crippen LogP contribution in [0.5, 0.6) is 0 Å². The summed E-state index contributed by atoms with van der Waals surface area (Å²) in [5.41, 5.74) is 1.48. The zero-order valence-electron chi connectivity index (χ0n) is 12.4. The molecule has 122 valence electrons. The maximum absolute atomic E-state index is 12.1. The lowest BCUT2D eigenvalue weighted by molar-refractivity contribution is -0.113. The molecular formula is C15H13BrN6OS. The molecule has 0 aliphatic heterocycles. The fraction of sp³-hybridized carbons (Fsp3) is 0.0667. The average molecular weight is 405 g/mol. The first kappa shape index (κ1) is 16.5. The number of nitrogens with one attached hydrogen (secondary N) is 1. The third-order valence-electron chi connectivity index (χ3n) is 3.06. The Labute approximate surface area is 150 Å². The van der Waals surface area contributed by atoms with Gasteiger partial charge in [-0.1, -0.05) is 23.9 Å². The minimum atomic E-state index is -0.155. The third-order valence-corrected chi connectivity index (χ3v) is 4.70. The van der Waals surface area contributed by atoms with Gasteiger partial charge in [0, 0.05) is 22.4 Å². The monoisotopic (exact) mass is 404 g/mol. The Kier molecular flexibility index (Phi) is 5.11. The first-order valence-corrected chi connectivity index (χ1v) is 8.71. The molecule has 0 unspecified atom stereocenters. The molecule has 24 heavy (non-hydrogen) atoms. The number of hydrogen-bond acceptors (Lipinski definition) is 6. The summed E-state index contributed by atoms with van der Waals surface area (Å²) >= 11 is 4.60. The number of benzene rings is 1. The van der Waals surface area contributed by atoms with Crippen LogP contribution < -0.4 is 11.2 Å². The molecule has 0 spiro atoms. The number of para-hydroxylation sites is 1. The highest BCUT2D eigenvalue weighted by atomic mass is 79.9. The number of carbonyl (C=O) groups excluding carboxylic acids is 1. The molecule has 2 aromatic heterocycles. The molecule has 1 aromatic carbocycles. The molecule has 0 aliphatic carbocycles. The highest BCUT2D eigenvalue weighted by Crippen LogP contribution is 2.23. The van der Waals surface area contributed by atoms with Gasteiger partial charge in [0.25, 0.3) is 0 Å². The summed E-state index contributed by atoms with van der Waals surface area (Å²) < 4.78 is 2.18. The van der Waals surface area contributed by atoms with Crippen LogP contribution in [0.25, 0.3) is 11.4 Å². The number of pyridine rings is 1. The predicted octanol–water partition coefficient (Wildman–Crippen LogP) is 2.55. The number of carbonyl (C=O) groups is 1. The zero-order valence-corrected chi connectivity index (χ0v) is 14.8. The summed E-state index contributed by atoms with van der Waals surface area (Å²) in [4.78, 5) is 16.1. The van der Waals surface area contributed by atoms with Gasteiger partial charge in [-0.05, 0) is 40.2 Å². The van der Waals surface area contributed by atoms with Crippen LogP contribution in [0.4, 0.5) is 5.69 Å². The minimum Gasteiger partial charge on any atom is -0.335 e. The van der Waals surface area contributed by atoms with Crippen molar-refractivity contribution < 1.29 is 4.79 Å². The molecule has 0 atom stereocenters. The van der Waals surface area contributed by atoms with Crippen molar-refractivity contribution in [3.8, 4) is 11.4 Å². The lowest BCUT2D eigenvalue weighted by Crippen LogP contribution is -2.16. The smallest absolute Gasteiger partial charge is 0.234 e. The van der Waals surface area contributed by atoms with Gasteiger partial charge in [0.15, 0.2) is 5.82 Å². The van der Waals surface area contributed by atoms with E-state index in [0.29, 0.717) is 16.7 Å². The summed E-state index contributed by atoms with van der Waals surface area (Å²) in [5.74, 6) is 6.51. The van der Waals surface area contributed by atoms with E-state index in [-0.39, 0.29) is 11.7 Å². The molecule has 0 aliphatic rings. The van der Waals surface area contributed by atoms with Crippen LogP contribution in [0, 0.1) is 0 Å². The molecule has 3 rings (SSSR count). The molecule has 0 saturated carbocycles. The Morgan fingerprint density at radius 2 is 2.08 bits per heavy atom. The number of aromatic nitrogens is 4. The second-order valence-electron chi connectivity index (χ2n) is 4.73. The second-order valence-corrected chi connectivity index (χ2v) is 6.53. The van der Waals surface area contributed by atoms with E-state index in [9.17, 15) is 4.79 Å². The SMILES string of the molecule is Nn1c(SCC(=O)Nc2ccccc2Br)nnc1-c1cccnc1. The third kappa shape index (κ3) is 3.74. The van der Waals surface area contributed by atoms with Gasteiger partial charge in [-0.3, -0.25) is 9.78 Å². The standard InChI is InChI=1S/C15H13BrN6OS/c16-11-5-1-2-6-12(11)19-13(23)9-24-15-21-20-14(22(15)17)10-4-3-7-18-8-10/h1-8H,9,17H2,(H,19,23). The Morgan fingerprint density at radius 1 is 1.25 bits per heavy atom. The summed E-state index contributed by atoms with van der Waals surface area (Å²) in [6.45, 7) is 0. The number of amides is 1. The van der Waals surface area contributed by atoms with Gasteiger partial charge in [-0.2, -0.15) is 0 Å². The zero-order chi connectivity index (χ0) is 16.9. The van der Waals surface area contributed by atoms with E-state index in [1.165, 1.54) is 16.4 Å². The van der Waals surface area contributed by atoms with Gasteiger partial charge in [0.2, 0.25) is 11.1 Å². The number of anilines is 1. The summed E-state index contributed by atoms with van der Waals surface area (Å²) in [7, 11) is 0. The molecule has 1 amide bonds. The molecule has 7 nitrogen and oxygen atoms in total. The topological polar surface area (TPSA) is 98.7 Å². The molecule has 2 heterocycles. The first-order chi connectivity index (χ1) is 11.6. The maximum Gasteiger partial charge on any atom is 0.234 e. The summed E-state index contributed by atoms with van der Waals surface area (Å²) in [6.07, 6.45) is 3.32. The number of hydrogen-bond donors (Lipinski definition) is 2. The fourth-order valence-corrected chi connectivity index (χ4v) is 2.99. The van der Waals surface area contributed by atoms with E-state index in [1.807, 2.05) is 30.3 Å². The lowest BCUT2D eigenvalue weighted by Gasteiger charge is -2.07. The Bertz CT molecular complexity index is 854. The number of halogens is 1. The van der Waals surface area contributed by atoms with Gasteiger partial charge >= 0.3 is 0 Å². The normalized spacial score (nSPS) is 10.5. The number of thioether (sulfide) groups is 1. The quantitative estimate of drug-likeness (QED) is 0.500. The van der Waals surface area contributed by atoms with E-state index in [2.05, 4.69) is 36.4 Å². The van der Waals surface area contributed by atoms with Gasteiger partial charge in [-0.15, -0.1) is 10.2 Å². The van der Waals surface area contributed by atoms with Crippen molar-refractivity contribution in [3.05, 3.63) is 53.3 Å². The van der Waals surface area contributed by atoms with E-state index < -0.39 is 0 Å². The Hall–Kier alpha value is -2.39. The van der Waals surface area contributed by atoms with Crippen LogP contribution in [0.15, 0.2) is 58.4 Å². The first-order valence-electron chi connectivity index (χ1n) is 6.93. The Balaban J connectivity index is 1.64. The Morgan fingerprint density at radius 3 is 2.83 bits per heavy atom. The van der Waals surface area contributed by atoms with E-state index >= 15 is 0 Å². The van der Waals surface area contributed by atoms with Crippen molar-refractivity contribution in [2.24, 2.45) is 0 Å². The summed E-state index contributed by atoms with van der Waals surface area (Å²) in [5, 5.41) is 11.4. The largest absolute Gasteiger partial charge is 0.335 e. The van der Waals surface area contributed by atoms with Crippen molar-refractivity contribution in [1.29, 1.82) is 0 Å². The van der Waals surface area contributed by atoms with Crippen LogP contribution in [0.1, 0.15) is 0 Å². The molecular weight excluding hydrogens is 392 g/mol. The van der Waals surface area contributed by atoms with Crippen molar-refractivity contribution in [2.75, 3.05) is 16.9 Å². The van der Waals surface area contributed by atoms with Crippen LogP contribution in [-0.4, -0.2) is 31.5 Å². The van der Waals surface area contributed by atoms with Crippen LogP contribution in [0.3, 0.4) is 0 Å².